The van der Waals surface area contributed by atoms with Crippen molar-refractivity contribution in [3.05, 3.63) is 23.8 Å². The van der Waals surface area contributed by atoms with Crippen molar-refractivity contribution in [2.24, 2.45) is 0 Å². The second-order valence-corrected chi connectivity index (χ2v) is 7.80. The Balaban J connectivity index is 2.28. The van der Waals surface area contributed by atoms with Crippen LogP contribution >= 0.6 is 0 Å². The minimum absolute atomic E-state index is 0.264. The fraction of sp³-hybridized carbons (Fsp3) is 0.692. The molecule has 0 N–H and O–H groups in total. The number of hydrogen-bond donors (Lipinski definition) is 0. The van der Waals surface area contributed by atoms with Gasteiger partial charge in [-0.2, -0.15) is 17.0 Å². The van der Waals surface area contributed by atoms with Crippen LogP contribution < -0.4 is 0 Å². The highest BCUT2D eigenvalue weighted by Crippen LogP contribution is 2.32. The summed E-state index contributed by atoms with van der Waals surface area (Å²) < 4.78 is 27.5. The Kier molecular flexibility index (Phi) is 4.92. The number of aromatic nitrogens is 2. The van der Waals surface area contributed by atoms with Gasteiger partial charge in [-0.3, -0.25) is 0 Å². The summed E-state index contributed by atoms with van der Waals surface area (Å²) in [4.78, 5) is 10.9. The molecule has 1 saturated heterocycles. The summed E-state index contributed by atoms with van der Waals surface area (Å²) in [6.45, 7) is 1.23. The molecule has 0 aromatic carbocycles. The van der Waals surface area contributed by atoms with Gasteiger partial charge in [0, 0.05) is 33.4 Å². The first-order valence-corrected chi connectivity index (χ1v) is 8.38. The van der Waals surface area contributed by atoms with Crippen molar-refractivity contribution in [2.45, 2.75) is 25.4 Å². The molecule has 0 aliphatic carbocycles. The van der Waals surface area contributed by atoms with Crippen LogP contribution in [0.4, 0.5) is 0 Å². The summed E-state index contributed by atoms with van der Waals surface area (Å²) in [5.41, 5.74) is 0.902. The van der Waals surface area contributed by atoms with E-state index in [1.807, 2.05) is 25.1 Å². The molecule has 1 aromatic rings. The summed E-state index contributed by atoms with van der Waals surface area (Å²) >= 11 is 0. The van der Waals surface area contributed by atoms with E-state index in [2.05, 4.69) is 9.97 Å². The van der Waals surface area contributed by atoms with Crippen LogP contribution in [0.2, 0.25) is 0 Å². The van der Waals surface area contributed by atoms with Gasteiger partial charge in [0.25, 0.3) is 10.2 Å². The lowest BCUT2D eigenvalue weighted by atomic mass is 10.2. The molecule has 0 spiro atoms. The number of hydrogen-bond acceptors (Lipinski definition) is 5. The Morgan fingerprint density at radius 1 is 1.33 bits per heavy atom. The molecule has 7 nitrogen and oxygen atoms in total. The molecule has 1 aliphatic heterocycles. The molecule has 21 heavy (non-hydrogen) atoms. The van der Waals surface area contributed by atoms with E-state index in [9.17, 15) is 8.42 Å². The number of rotatable bonds is 5. The first-order chi connectivity index (χ1) is 9.82. The van der Waals surface area contributed by atoms with Crippen molar-refractivity contribution in [3.8, 4) is 0 Å². The summed E-state index contributed by atoms with van der Waals surface area (Å²) in [5.74, 6) is 0.595. The smallest absolute Gasteiger partial charge is 0.282 e. The highest BCUT2D eigenvalue weighted by Gasteiger charge is 2.38. The predicted octanol–water partition coefficient (Wildman–Crippen LogP) is 0.482. The van der Waals surface area contributed by atoms with Crippen LogP contribution in [0.15, 0.2) is 12.3 Å². The maximum absolute atomic E-state index is 12.4. The van der Waals surface area contributed by atoms with E-state index in [4.69, 9.17) is 0 Å². The van der Waals surface area contributed by atoms with Crippen molar-refractivity contribution in [1.29, 1.82) is 0 Å². The van der Waals surface area contributed by atoms with Crippen LogP contribution in [0.5, 0.6) is 0 Å². The topological polar surface area (TPSA) is 69.6 Å². The molecular weight excluding hydrogens is 290 g/mol. The van der Waals surface area contributed by atoms with Crippen molar-refractivity contribution in [1.82, 2.24) is 23.5 Å². The van der Waals surface area contributed by atoms with Crippen molar-refractivity contribution in [3.63, 3.8) is 0 Å². The summed E-state index contributed by atoms with van der Waals surface area (Å²) in [6.07, 6.45) is 3.30. The Bertz CT molecular complexity index is 588. The zero-order valence-electron chi connectivity index (χ0n) is 13.0. The monoisotopic (exact) mass is 313 g/mol. The second kappa shape index (κ2) is 6.35. The van der Waals surface area contributed by atoms with Crippen LogP contribution in [-0.4, -0.2) is 66.6 Å². The van der Waals surface area contributed by atoms with Gasteiger partial charge in [0.2, 0.25) is 0 Å². The molecule has 1 aromatic heterocycles. The lowest BCUT2D eigenvalue weighted by molar-refractivity contribution is 0.349. The quantitative estimate of drug-likeness (QED) is 0.791. The van der Waals surface area contributed by atoms with E-state index >= 15 is 0 Å². The maximum atomic E-state index is 12.4. The SMILES string of the molecule is CN(C)Cc1ccnc(C2CCCN2S(=O)(=O)N(C)C)n1. The van der Waals surface area contributed by atoms with Crippen LogP contribution in [0.3, 0.4) is 0 Å². The maximum Gasteiger partial charge on any atom is 0.282 e. The first kappa shape index (κ1) is 16.3. The highest BCUT2D eigenvalue weighted by molar-refractivity contribution is 7.86. The molecule has 1 fully saturated rings. The van der Waals surface area contributed by atoms with Gasteiger partial charge in [0.15, 0.2) is 0 Å². The summed E-state index contributed by atoms with van der Waals surface area (Å²) in [6, 6.07) is 1.60. The van der Waals surface area contributed by atoms with E-state index in [1.54, 1.807) is 20.3 Å². The van der Waals surface area contributed by atoms with E-state index in [-0.39, 0.29) is 6.04 Å². The third-order valence-corrected chi connectivity index (χ3v) is 5.42. The summed E-state index contributed by atoms with van der Waals surface area (Å²) in [5, 5.41) is 0. The largest absolute Gasteiger partial charge is 0.304 e. The average molecular weight is 313 g/mol. The molecule has 0 saturated carbocycles. The zero-order chi connectivity index (χ0) is 15.6. The van der Waals surface area contributed by atoms with Gasteiger partial charge in [-0.1, -0.05) is 0 Å². The fourth-order valence-electron chi connectivity index (χ4n) is 2.47. The molecule has 1 unspecified atom stereocenters. The predicted molar refractivity (Wildman–Crippen MR) is 80.7 cm³/mol. The Hall–Kier alpha value is -1.09. The molecule has 1 aliphatic rings. The lowest BCUT2D eigenvalue weighted by Gasteiger charge is -2.26. The highest BCUT2D eigenvalue weighted by atomic mass is 32.2. The number of nitrogens with zero attached hydrogens (tertiary/aromatic N) is 5. The molecule has 1 atom stereocenters. The van der Waals surface area contributed by atoms with Crippen LogP contribution in [-0.2, 0) is 16.8 Å². The van der Waals surface area contributed by atoms with Gasteiger partial charge >= 0.3 is 0 Å². The van der Waals surface area contributed by atoms with Gasteiger partial charge in [0.05, 0.1) is 11.7 Å². The van der Waals surface area contributed by atoms with E-state index in [0.717, 1.165) is 18.5 Å². The molecule has 0 bridgehead atoms. The van der Waals surface area contributed by atoms with Crippen molar-refractivity contribution < 1.29 is 8.42 Å². The standard InChI is InChI=1S/C13H23N5O2S/c1-16(2)10-11-7-8-14-13(15-11)12-6-5-9-18(12)21(19,20)17(3)4/h7-8,12H,5-6,9-10H2,1-4H3. The Morgan fingerprint density at radius 2 is 2.05 bits per heavy atom. The van der Waals surface area contributed by atoms with Crippen LogP contribution in [0.25, 0.3) is 0 Å². The fourth-order valence-corrected chi connectivity index (χ4v) is 3.77. The second-order valence-electron chi connectivity index (χ2n) is 5.70. The Morgan fingerprint density at radius 3 is 2.67 bits per heavy atom. The van der Waals surface area contributed by atoms with E-state index in [0.29, 0.717) is 18.9 Å². The minimum atomic E-state index is -3.43. The summed E-state index contributed by atoms with van der Waals surface area (Å²) in [7, 11) is 3.61. The average Bonchev–Trinajstić information content (AvgIpc) is 2.87. The van der Waals surface area contributed by atoms with E-state index < -0.39 is 10.2 Å². The van der Waals surface area contributed by atoms with Crippen molar-refractivity contribution >= 4 is 10.2 Å². The lowest BCUT2D eigenvalue weighted by Crippen LogP contribution is -2.40. The van der Waals surface area contributed by atoms with Crippen LogP contribution in [0, 0.1) is 0 Å². The van der Waals surface area contributed by atoms with Gasteiger partial charge in [-0.15, -0.1) is 0 Å². The van der Waals surface area contributed by atoms with Gasteiger partial charge in [-0.05, 0) is 33.0 Å². The Labute approximate surface area is 126 Å². The van der Waals surface area contributed by atoms with Crippen LogP contribution in [0.1, 0.15) is 30.4 Å². The molecule has 8 heteroatoms. The third-order valence-electron chi connectivity index (χ3n) is 3.47. The molecule has 118 valence electrons. The molecule has 0 amide bonds. The van der Waals surface area contributed by atoms with Crippen molar-refractivity contribution in [2.75, 3.05) is 34.7 Å². The van der Waals surface area contributed by atoms with Gasteiger partial charge < -0.3 is 4.90 Å². The molecule has 0 radical (unpaired) electrons. The zero-order valence-corrected chi connectivity index (χ0v) is 13.8. The van der Waals surface area contributed by atoms with E-state index in [1.165, 1.54) is 8.61 Å². The molecular formula is C13H23N5O2S. The first-order valence-electron chi connectivity index (χ1n) is 6.98. The molecule has 2 rings (SSSR count). The van der Waals surface area contributed by atoms with Gasteiger partial charge in [0.1, 0.15) is 5.82 Å². The normalized spacial score (nSPS) is 20.6. The third kappa shape index (κ3) is 3.57. The minimum Gasteiger partial charge on any atom is -0.304 e. The van der Waals surface area contributed by atoms with Gasteiger partial charge in [-0.25, -0.2) is 9.97 Å². The molecule has 2 heterocycles.